The zero-order chi connectivity index (χ0) is 18.9. The molecule has 3 aromatic rings. The van der Waals surface area contributed by atoms with Crippen LogP contribution >= 0.6 is 11.9 Å². The fraction of sp³-hybridized carbons (Fsp3) is 0.150. The maximum atomic E-state index is 8.58. The first kappa shape index (κ1) is 19.5. The third-order valence-corrected chi connectivity index (χ3v) is 4.45. The molecule has 134 valence electrons. The van der Waals surface area contributed by atoms with E-state index >= 15 is 0 Å². The number of anilines is 1. The molecule has 2 aromatic heterocycles. The maximum absolute atomic E-state index is 8.58. The molecule has 0 fully saturated rings. The lowest BCUT2D eigenvalue weighted by Crippen LogP contribution is -1.94. The number of primary amides is 1. The Kier molecular flexibility index (Phi) is 7.17. The van der Waals surface area contributed by atoms with Crippen molar-refractivity contribution in [2.75, 3.05) is 4.72 Å². The van der Waals surface area contributed by atoms with Crippen LogP contribution in [0.1, 0.15) is 17.0 Å². The quantitative estimate of drug-likeness (QED) is 0.532. The highest BCUT2D eigenvalue weighted by molar-refractivity contribution is 8.00. The number of carbonyl (C=O) groups is 1. The van der Waals surface area contributed by atoms with Crippen LogP contribution in [0, 0.1) is 20.8 Å². The Morgan fingerprint density at radius 2 is 1.69 bits per heavy atom. The van der Waals surface area contributed by atoms with Crippen LogP contribution in [-0.2, 0) is 4.79 Å². The van der Waals surface area contributed by atoms with Crippen molar-refractivity contribution in [2.24, 2.45) is 5.73 Å². The van der Waals surface area contributed by atoms with Gasteiger partial charge in [-0.05, 0) is 68.6 Å². The Morgan fingerprint density at radius 1 is 1.00 bits per heavy atom. The molecule has 0 unspecified atom stereocenters. The van der Waals surface area contributed by atoms with Gasteiger partial charge in [-0.25, -0.2) is 0 Å². The van der Waals surface area contributed by atoms with Gasteiger partial charge in [0.05, 0.1) is 11.4 Å². The first-order valence-corrected chi connectivity index (χ1v) is 8.89. The Balaban J connectivity index is 0.000000758. The van der Waals surface area contributed by atoms with Gasteiger partial charge in [0.1, 0.15) is 0 Å². The molecule has 3 rings (SSSR count). The van der Waals surface area contributed by atoms with Crippen molar-refractivity contribution in [3.05, 3.63) is 71.8 Å². The summed E-state index contributed by atoms with van der Waals surface area (Å²) < 4.78 is 3.41. The van der Waals surface area contributed by atoms with Crippen LogP contribution < -0.4 is 10.5 Å². The molecule has 0 bridgehead atoms. The lowest BCUT2D eigenvalue weighted by Gasteiger charge is -2.11. The molecule has 0 aliphatic rings. The minimum absolute atomic E-state index is 0.250. The van der Waals surface area contributed by atoms with Gasteiger partial charge < -0.3 is 10.5 Å². The topological polar surface area (TPSA) is 80.9 Å². The summed E-state index contributed by atoms with van der Waals surface area (Å²) in [5.74, 6) is 0. The zero-order valence-corrected chi connectivity index (χ0v) is 15.9. The smallest absolute Gasteiger partial charge is 0.204 e. The first-order valence-electron chi connectivity index (χ1n) is 8.08. The molecule has 26 heavy (non-hydrogen) atoms. The van der Waals surface area contributed by atoms with Crippen LogP contribution in [-0.4, -0.2) is 16.4 Å². The van der Waals surface area contributed by atoms with Gasteiger partial charge >= 0.3 is 0 Å². The van der Waals surface area contributed by atoms with Gasteiger partial charge in [-0.2, -0.15) is 0 Å². The van der Waals surface area contributed by atoms with Crippen LogP contribution in [0.15, 0.2) is 59.8 Å². The third kappa shape index (κ3) is 5.60. The van der Waals surface area contributed by atoms with Crippen molar-refractivity contribution >= 4 is 24.0 Å². The molecule has 0 aliphatic heterocycles. The number of aryl methyl sites for hydroxylation is 3. The van der Waals surface area contributed by atoms with Gasteiger partial charge in [-0.1, -0.05) is 17.7 Å². The Morgan fingerprint density at radius 3 is 2.35 bits per heavy atom. The molecular weight excluding hydrogens is 344 g/mol. The van der Waals surface area contributed by atoms with E-state index < -0.39 is 0 Å². The van der Waals surface area contributed by atoms with E-state index in [1.54, 1.807) is 11.9 Å². The zero-order valence-electron chi connectivity index (χ0n) is 15.1. The minimum atomic E-state index is 0.250. The summed E-state index contributed by atoms with van der Waals surface area (Å²) in [4.78, 5) is 18.5. The van der Waals surface area contributed by atoms with E-state index in [2.05, 4.69) is 63.7 Å². The number of hydrogen-bond acceptors (Lipinski definition) is 5. The standard InChI is InChI=1S/C19H19N3S.CH3NO/c1-13-4-6-18(7-5-13)23-22-19-11-17(12-21-15(19)3)16-8-9-20-14(2)10-16;2-1-3/h4-12,22H,1-3H3;1H,(H2,2,3). The van der Waals surface area contributed by atoms with Gasteiger partial charge in [0.2, 0.25) is 6.41 Å². The molecule has 1 aromatic carbocycles. The summed E-state index contributed by atoms with van der Waals surface area (Å²) in [6.07, 6.45) is 3.99. The fourth-order valence-corrected chi connectivity index (χ4v) is 2.95. The van der Waals surface area contributed by atoms with Gasteiger partial charge in [-0.3, -0.25) is 14.8 Å². The third-order valence-electron chi connectivity index (χ3n) is 3.62. The number of aromatic nitrogens is 2. The van der Waals surface area contributed by atoms with E-state index in [1.165, 1.54) is 10.5 Å². The Labute approximate surface area is 158 Å². The number of nitrogens with two attached hydrogens (primary N) is 1. The summed E-state index contributed by atoms with van der Waals surface area (Å²) >= 11 is 1.60. The Bertz CT molecular complexity index is 866. The van der Waals surface area contributed by atoms with E-state index in [4.69, 9.17) is 4.79 Å². The number of pyridine rings is 2. The number of rotatable bonds is 4. The fourth-order valence-electron chi connectivity index (χ4n) is 2.24. The van der Waals surface area contributed by atoms with Crippen molar-refractivity contribution in [1.29, 1.82) is 0 Å². The number of nitrogens with zero attached hydrogens (tertiary/aromatic N) is 2. The molecule has 0 atom stereocenters. The van der Waals surface area contributed by atoms with Gasteiger partial charge in [0.25, 0.3) is 0 Å². The molecule has 0 spiro atoms. The highest BCUT2D eigenvalue weighted by Crippen LogP contribution is 2.27. The second-order valence-corrected chi connectivity index (χ2v) is 6.58. The molecule has 0 saturated heterocycles. The summed E-state index contributed by atoms with van der Waals surface area (Å²) in [6.45, 7) is 6.10. The highest BCUT2D eigenvalue weighted by Gasteiger charge is 2.05. The normalized spacial score (nSPS) is 9.81. The molecule has 6 heteroatoms. The lowest BCUT2D eigenvalue weighted by atomic mass is 10.1. The average molecular weight is 366 g/mol. The van der Waals surface area contributed by atoms with E-state index in [0.717, 1.165) is 28.2 Å². The lowest BCUT2D eigenvalue weighted by molar-refractivity contribution is -0.106. The van der Waals surface area contributed by atoms with Crippen LogP contribution in [0.5, 0.6) is 0 Å². The number of carbonyl (C=O) groups excluding carboxylic acids is 1. The second-order valence-electron chi connectivity index (χ2n) is 5.70. The number of hydrogen-bond donors (Lipinski definition) is 2. The van der Waals surface area contributed by atoms with Crippen LogP contribution in [0.2, 0.25) is 0 Å². The largest absolute Gasteiger partial charge is 0.372 e. The van der Waals surface area contributed by atoms with Gasteiger partial charge in [0.15, 0.2) is 0 Å². The molecule has 1 amide bonds. The number of amides is 1. The second kappa shape index (κ2) is 9.58. The summed E-state index contributed by atoms with van der Waals surface area (Å²) in [6, 6.07) is 14.7. The molecule has 3 N–H and O–H groups in total. The van der Waals surface area contributed by atoms with Crippen LogP contribution in [0.25, 0.3) is 11.1 Å². The van der Waals surface area contributed by atoms with Crippen LogP contribution in [0.3, 0.4) is 0 Å². The monoisotopic (exact) mass is 366 g/mol. The van der Waals surface area contributed by atoms with Crippen molar-refractivity contribution in [1.82, 2.24) is 9.97 Å². The van der Waals surface area contributed by atoms with Crippen molar-refractivity contribution in [2.45, 2.75) is 25.7 Å². The van der Waals surface area contributed by atoms with E-state index in [1.807, 2.05) is 32.3 Å². The van der Waals surface area contributed by atoms with E-state index in [0.29, 0.717) is 0 Å². The van der Waals surface area contributed by atoms with E-state index in [-0.39, 0.29) is 6.41 Å². The first-order chi connectivity index (χ1) is 12.5. The van der Waals surface area contributed by atoms with Gasteiger partial charge in [0, 0.05) is 28.5 Å². The summed E-state index contributed by atoms with van der Waals surface area (Å²) in [7, 11) is 0. The molecule has 0 aliphatic carbocycles. The number of nitrogens with one attached hydrogen (secondary N) is 1. The summed E-state index contributed by atoms with van der Waals surface area (Å²) in [5, 5.41) is 0. The molecule has 5 nitrogen and oxygen atoms in total. The SMILES string of the molecule is Cc1ccc(SNc2cc(-c3ccnc(C)c3)cnc2C)cc1.NC=O. The molecule has 0 saturated carbocycles. The predicted molar refractivity (Wildman–Crippen MR) is 108 cm³/mol. The van der Waals surface area contributed by atoms with Crippen molar-refractivity contribution in [3.8, 4) is 11.1 Å². The minimum Gasteiger partial charge on any atom is -0.372 e. The van der Waals surface area contributed by atoms with Gasteiger partial charge in [-0.15, -0.1) is 0 Å². The molecule has 0 radical (unpaired) electrons. The average Bonchev–Trinajstić information content (AvgIpc) is 2.63. The van der Waals surface area contributed by atoms with Crippen molar-refractivity contribution in [3.63, 3.8) is 0 Å². The van der Waals surface area contributed by atoms with E-state index in [9.17, 15) is 0 Å². The molecular formula is C20H22N4OS. The molecule has 2 heterocycles. The Hall–Kier alpha value is -2.86. The number of benzene rings is 1. The van der Waals surface area contributed by atoms with Crippen LogP contribution in [0.4, 0.5) is 5.69 Å². The highest BCUT2D eigenvalue weighted by atomic mass is 32.2. The summed E-state index contributed by atoms with van der Waals surface area (Å²) in [5.41, 5.74) is 10.7. The maximum Gasteiger partial charge on any atom is 0.204 e. The van der Waals surface area contributed by atoms with Crippen molar-refractivity contribution < 1.29 is 4.79 Å². The predicted octanol–water partition coefficient (Wildman–Crippen LogP) is 4.29.